The van der Waals surface area contributed by atoms with Crippen LogP contribution in [0.15, 0.2) is 72.8 Å². The van der Waals surface area contributed by atoms with Gasteiger partial charge in [0.25, 0.3) is 0 Å². The lowest BCUT2D eigenvalue weighted by Gasteiger charge is -2.14. The molecule has 0 saturated carbocycles. The van der Waals surface area contributed by atoms with E-state index in [1.165, 1.54) is 5.56 Å². The number of benzene rings is 3. The first-order valence-electron chi connectivity index (χ1n) is 9.67. The summed E-state index contributed by atoms with van der Waals surface area (Å²) < 4.78 is 0. The number of hydrogen-bond donors (Lipinski definition) is 3. The van der Waals surface area contributed by atoms with Gasteiger partial charge in [0.1, 0.15) is 0 Å². The second-order valence-electron chi connectivity index (χ2n) is 7.05. The molecule has 0 saturated heterocycles. The number of carboxylic acids is 1. The Kier molecular flexibility index (Phi) is 7.28. The molecule has 0 aliphatic carbocycles. The van der Waals surface area contributed by atoms with E-state index in [0.29, 0.717) is 11.5 Å². The van der Waals surface area contributed by atoms with Crippen LogP contribution in [0.1, 0.15) is 28.8 Å². The Morgan fingerprint density at radius 3 is 2.45 bits per heavy atom. The molecule has 0 spiro atoms. The molecule has 1 atom stereocenters. The highest BCUT2D eigenvalue weighted by Gasteiger charge is 2.06. The van der Waals surface area contributed by atoms with Gasteiger partial charge in [-0.05, 0) is 59.0 Å². The largest absolute Gasteiger partial charge is 0.478 e. The highest BCUT2D eigenvalue weighted by Crippen LogP contribution is 2.23. The number of carboxylic acid groups (broad SMARTS) is 1. The first kappa shape index (κ1) is 20.9. The molecule has 3 aromatic carbocycles. The van der Waals surface area contributed by atoms with Gasteiger partial charge in [0.15, 0.2) is 0 Å². The average molecular weight is 409 g/mol. The van der Waals surface area contributed by atoms with Crippen LogP contribution in [0.5, 0.6) is 0 Å². The lowest BCUT2D eigenvalue weighted by atomic mass is 10.0. The second-order valence-corrected chi connectivity index (χ2v) is 7.49. The number of hydrogen-bond acceptors (Lipinski definition) is 3. The van der Waals surface area contributed by atoms with Gasteiger partial charge in [0, 0.05) is 30.3 Å². The highest BCUT2D eigenvalue weighted by molar-refractivity contribution is 6.30. The fourth-order valence-corrected chi connectivity index (χ4v) is 3.38. The molecule has 5 heteroatoms. The van der Waals surface area contributed by atoms with Crippen LogP contribution in [0.4, 0.5) is 5.69 Å². The SMILES string of the molecule is C[C@@H](CNCCNc1cccc(-c2cccc(C(=O)O)c2)c1)c1cccc(Cl)c1. The minimum atomic E-state index is -0.917. The molecule has 4 nitrogen and oxygen atoms in total. The summed E-state index contributed by atoms with van der Waals surface area (Å²) in [5.74, 6) is -0.530. The fraction of sp³-hybridized carbons (Fsp3) is 0.208. The van der Waals surface area contributed by atoms with Crippen molar-refractivity contribution in [2.75, 3.05) is 25.0 Å². The summed E-state index contributed by atoms with van der Waals surface area (Å²) in [4.78, 5) is 11.2. The smallest absolute Gasteiger partial charge is 0.335 e. The molecule has 0 aliphatic rings. The Morgan fingerprint density at radius 1 is 0.966 bits per heavy atom. The maximum atomic E-state index is 11.2. The zero-order chi connectivity index (χ0) is 20.6. The lowest BCUT2D eigenvalue weighted by Crippen LogP contribution is -2.26. The Labute approximate surface area is 176 Å². The van der Waals surface area contributed by atoms with Crippen molar-refractivity contribution in [3.63, 3.8) is 0 Å². The van der Waals surface area contributed by atoms with E-state index in [2.05, 4.69) is 23.6 Å². The molecule has 0 unspecified atom stereocenters. The summed E-state index contributed by atoms with van der Waals surface area (Å²) in [5.41, 5.74) is 4.41. The van der Waals surface area contributed by atoms with Crippen LogP contribution in [-0.4, -0.2) is 30.7 Å². The van der Waals surface area contributed by atoms with E-state index >= 15 is 0 Å². The summed E-state index contributed by atoms with van der Waals surface area (Å²) in [6, 6.07) is 23.0. The van der Waals surface area contributed by atoms with Crippen molar-refractivity contribution in [2.24, 2.45) is 0 Å². The van der Waals surface area contributed by atoms with Gasteiger partial charge >= 0.3 is 5.97 Å². The van der Waals surface area contributed by atoms with E-state index in [-0.39, 0.29) is 0 Å². The molecule has 0 fully saturated rings. The van der Waals surface area contributed by atoms with Gasteiger partial charge in [0.2, 0.25) is 0 Å². The topological polar surface area (TPSA) is 61.4 Å². The van der Waals surface area contributed by atoms with Crippen LogP contribution in [0.25, 0.3) is 11.1 Å². The van der Waals surface area contributed by atoms with Crippen LogP contribution in [0.2, 0.25) is 5.02 Å². The molecular formula is C24H25ClN2O2. The van der Waals surface area contributed by atoms with Crippen LogP contribution < -0.4 is 10.6 Å². The average Bonchev–Trinajstić information content (AvgIpc) is 2.73. The molecular weight excluding hydrogens is 384 g/mol. The van der Waals surface area contributed by atoms with E-state index in [1.54, 1.807) is 18.2 Å². The number of carbonyl (C=O) groups is 1. The quantitative estimate of drug-likeness (QED) is 0.408. The van der Waals surface area contributed by atoms with Gasteiger partial charge in [0.05, 0.1) is 5.56 Å². The summed E-state index contributed by atoms with van der Waals surface area (Å²) in [5, 5.41) is 16.8. The van der Waals surface area contributed by atoms with E-state index in [4.69, 9.17) is 11.6 Å². The molecule has 0 aromatic heterocycles. The predicted molar refractivity (Wildman–Crippen MR) is 120 cm³/mol. The number of rotatable bonds is 9. The third-order valence-corrected chi connectivity index (χ3v) is 5.04. The van der Waals surface area contributed by atoms with E-state index < -0.39 is 5.97 Å². The van der Waals surface area contributed by atoms with Crippen LogP contribution in [0, 0.1) is 0 Å². The Morgan fingerprint density at radius 2 is 1.69 bits per heavy atom. The normalized spacial score (nSPS) is 11.8. The molecule has 0 radical (unpaired) electrons. The Bertz CT molecular complexity index is 974. The van der Waals surface area contributed by atoms with Crippen LogP contribution in [0.3, 0.4) is 0 Å². The van der Waals surface area contributed by atoms with Gasteiger partial charge in [-0.3, -0.25) is 0 Å². The van der Waals surface area contributed by atoms with Gasteiger partial charge in [-0.25, -0.2) is 4.79 Å². The minimum Gasteiger partial charge on any atom is -0.478 e. The van der Waals surface area contributed by atoms with Crippen molar-refractivity contribution in [2.45, 2.75) is 12.8 Å². The molecule has 0 amide bonds. The Hall–Kier alpha value is -2.82. The van der Waals surface area contributed by atoms with Crippen LogP contribution >= 0.6 is 11.6 Å². The minimum absolute atomic E-state index is 0.291. The molecule has 3 rings (SSSR count). The highest BCUT2D eigenvalue weighted by atomic mass is 35.5. The lowest BCUT2D eigenvalue weighted by molar-refractivity contribution is 0.0697. The van der Waals surface area contributed by atoms with Crippen molar-refractivity contribution in [1.29, 1.82) is 0 Å². The van der Waals surface area contributed by atoms with Crippen LogP contribution in [-0.2, 0) is 0 Å². The van der Waals surface area contributed by atoms with E-state index in [1.807, 2.05) is 48.5 Å². The first-order valence-corrected chi connectivity index (χ1v) is 10.0. The summed E-state index contributed by atoms with van der Waals surface area (Å²) in [6.07, 6.45) is 0. The zero-order valence-electron chi connectivity index (χ0n) is 16.4. The number of aromatic carboxylic acids is 1. The number of anilines is 1. The fourth-order valence-electron chi connectivity index (χ4n) is 3.19. The zero-order valence-corrected chi connectivity index (χ0v) is 17.1. The molecule has 29 heavy (non-hydrogen) atoms. The maximum absolute atomic E-state index is 11.2. The molecule has 0 aliphatic heterocycles. The van der Waals surface area contributed by atoms with Crippen molar-refractivity contribution in [3.8, 4) is 11.1 Å². The Balaban J connectivity index is 1.50. The standard InChI is InChI=1S/C24H25ClN2O2/c1-17(18-5-3-9-22(25)14-18)16-26-11-12-27-23-10-4-7-20(15-23)19-6-2-8-21(13-19)24(28)29/h2-10,13-15,17,26-27H,11-12,16H2,1H3,(H,28,29)/t17-/m0/s1. The third-order valence-electron chi connectivity index (χ3n) is 4.80. The van der Waals surface area contributed by atoms with Gasteiger partial charge in [-0.1, -0.05) is 54.9 Å². The molecule has 150 valence electrons. The number of halogens is 1. The van der Waals surface area contributed by atoms with E-state index in [9.17, 15) is 9.90 Å². The monoisotopic (exact) mass is 408 g/mol. The van der Waals surface area contributed by atoms with Crippen molar-refractivity contribution in [1.82, 2.24) is 5.32 Å². The van der Waals surface area contributed by atoms with Gasteiger partial charge in [-0.15, -0.1) is 0 Å². The van der Waals surface area contributed by atoms with Crippen molar-refractivity contribution < 1.29 is 9.90 Å². The molecule has 3 aromatic rings. The van der Waals surface area contributed by atoms with E-state index in [0.717, 1.165) is 41.5 Å². The first-order chi connectivity index (χ1) is 14.0. The maximum Gasteiger partial charge on any atom is 0.335 e. The molecule has 3 N–H and O–H groups in total. The van der Waals surface area contributed by atoms with Gasteiger partial charge in [-0.2, -0.15) is 0 Å². The predicted octanol–water partition coefficient (Wildman–Crippen LogP) is 5.51. The van der Waals surface area contributed by atoms with Crippen molar-refractivity contribution >= 4 is 23.3 Å². The second kappa shape index (κ2) is 10.1. The summed E-state index contributed by atoms with van der Waals surface area (Å²) in [7, 11) is 0. The molecule has 0 bridgehead atoms. The summed E-state index contributed by atoms with van der Waals surface area (Å²) in [6.45, 7) is 4.69. The molecule has 0 heterocycles. The van der Waals surface area contributed by atoms with Gasteiger partial charge < -0.3 is 15.7 Å². The summed E-state index contributed by atoms with van der Waals surface area (Å²) >= 11 is 6.06. The van der Waals surface area contributed by atoms with Crippen molar-refractivity contribution in [3.05, 3.63) is 88.9 Å². The number of nitrogens with one attached hydrogen (secondary N) is 2. The third kappa shape index (κ3) is 6.08.